The molecule has 2 aromatic rings. The van der Waals surface area contributed by atoms with Crippen molar-refractivity contribution in [3.63, 3.8) is 0 Å². The van der Waals surface area contributed by atoms with Crippen molar-refractivity contribution in [3.05, 3.63) is 57.6 Å². The first kappa shape index (κ1) is 25.0. The van der Waals surface area contributed by atoms with Gasteiger partial charge in [0.05, 0.1) is 23.4 Å². The van der Waals surface area contributed by atoms with Gasteiger partial charge in [0.2, 0.25) is 0 Å². The molecule has 1 heterocycles. The molecule has 1 aliphatic rings. The fourth-order valence-corrected chi connectivity index (χ4v) is 3.84. The highest BCUT2D eigenvalue weighted by Crippen LogP contribution is 2.38. The van der Waals surface area contributed by atoms with Crippen LogP contribution >= 0.6 is 15.9 Å². The Hall–Kier alpha value is -3.66. The number of nitrogens with one attached hydrogen (secondary N) is 1. The number of para-hydroxylation sites is 1. The van der Waals surface area contributed by atoms with E-state index in [2.05, 4.69) is 21.2 Å². The second-order valence-electron chi connectivity index (χ2n) is 7.10. The predicted molar refractivity (Wildman–Crippen MR) is 128 cm³/mol. The molecule has 0 radical (unpaired) electrons. The summed E-state index contributed by atoms with van der Waals surface area (Å²) in [5.41, 5.74) is 1.29. The van der Waals surface area contributed by atoms with E-state index >= 15 is 0 Å². The minimum Gasteiger partial charge on any atom is -0.490 e. The lowest BCUT2D eigenvalue weighted by Gasteiger charge is -2.27. The number of nitrogens with zero attached hydrogens (tertiary/aromatic N) is 1. The molecule has 0 aromatic heterocycles. The van der Waals surface area contributed by atoms with Gasteiger partial charge in [-0.05, 0) is 72.1 Å². The molecule has 0 spiro atoms. The van der Waals surface area contributed by atoms with Crippen molar-refractivity contribution >= 4 is 51.5 Å². The smallest absolute Gasteiger partial charge is 0.344 e. The number of aryl methyl sites for hydroxylation is 1. The van der Waals surface area contributed by atoms with Crippen molar-refractivity contribution in [2.75, 3.05) is 24.7 Å². The number of barbiturate groups is 1. The molecule has 3 rings (SSSR count). The maximum atomic E-state index is 13.2. The summed E-state index contributed by atoms with van der Waals surface area (Å²) < 4.78 is 16.5. The number of rotatable bonds is 8. The normalized spacial score (nSPS) is 14.8. The molecule has 0 bridgehead atoms. The molecule has 0 unspecified atom stereocenters. The van der Waals surface area contributed by atoms with Gasteiger partial charge >= 0.3 is 12.0 Å². The van der Waals surface area contributed by atoms with E-state index in [4.69, 9.17) is 14.2 Å². The Labute approximate surface area is 204 Å². The van der Waals surface area contributed by atoms with Gasteiger partial charge < -0.3 is 14.2 Å². The van der Waals surface area contributed by atoms with Crippen LogP contribution in [0.2, 0.25) is 0 Å². The summed E-state index contributed by atoms with van der Waals surface area (Å²) in [5.74, 6) is -1.53. The van der Waals surface area contributed by atoms with Gasteiger partial charge in [0.25, 0.3) is 11.8 Å². The summed E-state index contributed by atoms with van der Waals surface area (Å²) in [7, 11) is 0. The van der Waals surface area contributed by atoms with Crippen LogP contribution < -0.4 is 19.7 Å². The second kappa shape index (κ2) is 11.0. The SMILES string of the molecule is CCOC(=O)COc1c(Br)cc(/C=C2\C(=O)NC(=O)N(c3ccccc3C)C2=O)cc1OCC. The van der Waals surface area contributed by atoms with Crippen molar-refractivity contribution < 1.29 is 33.4 Å². The summed E-state index contributed by atoms with van der Waals surface area (Å²) >= 11 is 3.38. The number of carbonyl (C=O) groups is 4. The molecule has 0 atom stereocenters. The lowest BCUT2D eigenvalue weighted by Crippen LogP contribution is -2.54. The molecule has 1 aliphatic heterocycles. The predicted octanol–water partition coefficient (Wildman–Crippen LogP) is 3.76. The first-order chi connectivity index (χ1) is 16.3. The van der Waals surface area contributed by atoms with E-state index in [0.29, 0.717) is 33.6 Å². The number of benzene rings is 2. The second-order valence-corrected chi connectivity index (χ2v) is 7.96. The number of esters is 1. The Morgan fingerprint density at radius 2 is 1.82 bits per heavy atom. The van der Waals surface area contributed by atoms with Gasteiger partial charge in [-0.1, -0.05) is 18.2 Å². The van der Waals surface area contributed by atoms with Crippen molar-refractivity contribution in [1.29, 1.82) is 0 Å². The number of amides is 4. The quantitative estimate of drug-likeness (QED) is 0.314. The highest BCUT2D eigenvalue weighted by atomic mass is 79.9. The van der Waals surface area contributed by atoms with Crippen LogP contribution in [0.15, 0.2) is 46.4 Å². The molecule has 34 heavy (non-hydrogen) atoms. The number of carbonyl (C=O) groups excluding carboxylic acids is 4. The number of imide groups is 2. The third-order valence-corrected chi connectivity index (χ3v) is 5.33. The average molecular weight is 531 g/mol. The van der Waals surface area contributed by atoms with E-state index in [1.165, 1.54) is 6.08 Å². The van der Waals surface area contributed by atoms with Crippen LogP contribution in [0.1, 0.15) is 25.0 Å². The maximum Gasteiger partial charge on any atom is 0.344 e. The highest BCUT2D eigenvalue weighted by molar-refractivity contribution is 9.10. The number of ether oxygens (including phenoxy) is 3. The largest absolute Gasteiger partial charge is 0.490 e. The number of halogens is 1. The Bertz CT molecular complexity index is 1180. The third-order valence-electron chi connectivity index (χ3n) is 4.74. The first-order valence-electron chi connectivity index (χ1n) is 10.5. The molecule has 2 aromatic carbocycles. The lowest BCUT2D eigenvalue weighted by molar-refractivity contribution is -0.145. The Morgan fingerprint density at radius 3 is 2.50 bits per heavy atom. The third kappa shape index (κ3) is 5.45. The molecule has 1 fully saturated rings. The Morgan fingerprint density at radius 1 is 1.09 bits per heavy atom. The zero-order valence-electron chi connectivity index (χ0n) is 18.8. The average Bonchev–Trinajstić information content (AvgIpc) is 2.77. The van der Waals surface area contributed by atoms with E-state index in [0.717, 1.165) is 4.90 Å². The van der Waals surface area contributed by atoms with Crippen molar-refractivity contribution in [2.45, 2.75) is 20.8 Å². The first-order valence-corrected chi connectivity index (χ1v) is 11.3. The summed E-state index contributed by atoms with van der Waals surface area (Å²) in [5, 5.41) is 2.21. The monoisotopic (exact) mass is 530 g/mol. The van der Waals surface area contributed by atoms with Crippen molar-refractivity contribution in [2.24, 2.45) is 0 Å². The topological polar surface area (TPSA) is 111 Å². The molecule has 10 heteroatoms. The van der Waals surface area contributed by atoms with E-state index < -0.39 is 23.8 Å². The standard InChI is InChI=1S/C24H23BrN2O7/c1-4-32-19-12-15(11-17(25)21(19)34-13-20(28)33-5-2)10-16-22(29)26-24(31)27(23(16)30)18-9-7-6-8-14(18)3/h6-12H,4-5,13H2,1-3H3,(H,26,29,31)/b16-10+. The lowest BCUT2D eigenvalue weighted by atomic mass is 10.1. The van der Waals surface area contributed by atoms with Gasteiger partial charge in [-0.2, -0.15) is 0 Å². The Balaban J connectivity index is 1.97. The molecule has 1 saturated heterocycles. The highest BCUT2D eigenvalue weighted by Gasteiger charge is 2.37. The van der Waals surface area contributed by atoms with Crippen LogP contribution in [0.3, 0.4) is 0 Å². The van der Waals surface area contributed by atoms with Gasteiger partial charge in [-0.3, -0.25) is 14.9 Å². The van der Waals surface area contributed by atoms with Gasteiger partial charge in [-0.15, -0.1) is 0 Å². The summed E-state index contributed by atoms with van der Waals surface area (Å²) in [6, 6.07) is 9.22. The number of hydrogen-bond donors (Lipinski definition) is 1. The van der Waals surface area contributed by atoms with Crippen LogP contribution in [-0.2, 0) is 19.1 Å². The van der Waals surface area contributed by atoms with Gasteiger partial charge in [0.1, 0.15) is 5.57 Å². The van der Waals surface area contributed by atoms with E-state index in [1.807, 2.05) is 0 Å². The fraction of sp³-hybridized carbons (Fsp3) is 0.250. The van der Waals surface area contributed by atoms with E-state index in [1.54, 1.807) is 57.2 Å². The zero-order valence-corrected chi connectivity index (χ0v) is 20.4. The fourth-order valence-electron chi connectivity index (χ4n) is 3.27. The Kier molecular flexibility index (Phi) is 8.06. The van der Waals surface area contributed by atoms with Crippen LogP contribution in [-0.4, -0.2) is 43.6 Å². The van der Waals surface area contributed by atoms with Crippen molar-refractivity contribution in [3.8, 4) is 11.5 Å². The minimum atomic E-state index is -0.819. The zero-order chi connectivity index (χ0) is 24.8. The van der Waals surface area contributed by atoms with Crippen LogP contribution in [0.4, 0.5) is 10.5 Å². The molecule has 9 nitrogen and oxygen atoms in total. The number of urea groups is 1. The van der Waals surface area contributed by atoms with Gasteiger partial charge in [0.15, 0.2) is 18.1 Å². The van der Waals surface area contributed by atoms with Gasteiger partial charge in [0, 0.05) is 0 Å². The minimum absolute atomic E-state index is 0.225. The number of hydrogen-bond acceptors (Lipinski definition) is 7. The molecule has 0 aliphatic carbocycles. The summed E-state index contributed by atoms with van der Waals surface area (Å²) in [6.07, 6.45) is 1.36. The molecule has 178 valence electrons. The molecule has 4 amide bonds. The van der Waals surface area contributed by atoms with E-state index in [-0.39, 0.29) is 24.5 Å². The van der Waals surface area contributed by atoms with Crippen LogP contribution in [0.5, 0.6) is 11.5 Å². The van der Waals surface area contributed by atoms with E-state index in [9.17, 15) is 19.2 Å². The molecular weight excluding hydrogens is 508 g/mol. The van der Waals surface area contributed by atoms with Crippen molar-refractivity contribution in [1.82, 2.24) is 5.32 Å². The van der Waals surface area contributed by atoms with Crippen LogP contribution in [0.25, 0.3) is 6.08 Å². The van der Waals surface area contributed by atoms with Crippen LogP contribution in [0, 0.1) is 6.92 Å². The molecule has 1 N–H and O–H groups in total. The summed E-state index contributed by atoms with van der Waals surface area (Å²) in [6.45, 7) is 5.44. The number of anilines is 1. The molecular formula is C24H23BrN2O7. The maximum absolute atomic E-state index is 13.2. The van der Waals surface area contributed by atoms with Gasteiger partial charge in [-0.25, -0.2) is 14.5 Å². The summed E-state index contributed by atoms with van der Waals surface area (Å²) in [4.78, 5) is 50.7. The molecule has 0 saturated carbocycles.